The van der Waals surface area contributed by atoms with Crippen LogP contribution in [0.1, 0.15) is 49.9 Å². The van der Waals surface area contributed by atoms with Crippen LogP contribution in [0.4, 0.5) is 17.1 Å². The van der Waals surface area contributed by atoms with Crippen molar-refractivity contribution in [2.75, 3.05) is 4.90 Å². The molecule has 63 heavy (non-hydrogen) atoms. The van der Waals surface area contributed by atoms with E-state index in [0.29, 0.717) is 0 Å². The Hall–Kier alpha value is -7.68. The molecule has 1 aliphatic carbocycles. The number of allylic oxidation sites excluding steroid dienone is 2. The zero-order valence-electron chi connectivity index (χ0n) is 36.2. The summed E-state index contributed by atoms with van der Waals surface area (Å²) >= 11 is 0. The van der Waals surface area contributed by atoms with Crippen molar-refractivity contribution in [3.05, 3.63) is 241 Å². The minimum Gasteiger partial charge on any atom is -0.310 e. The summed E-state index contributed by atoms with van der Waals surface area (Å²) in [6, 6.07) is 79.7. The highest BCUT2D eigenvalue weighted by Gasteiger charge is 2.37. The van der Waals surface area contributed by atoms with Gasteiger partial charge in [-0.25, -0.2) is 0 Å². The molecule has 1 heterocycles. The number of anilines is 3. The minimum atomic E-state index is -0.221. The van der Waals surface area contributed by atoms with Gasteiger partial charge in [0.2, 0.25) is 0 Å². The molecule has 0 N–H and O–H groups in total. The molecule has 0 saturated carbocycles. The van der Waals surface area contributed by atoms with Crippen LogP contribution in [0, 0.1) is 0 Å². The monoisotopic (exact) mass is 808 g/mol. The Morgan fingerprint density at radius 2 is 0.984 bits per heavy atom. The van der Waals surface area contributed by atoms with Crippen molar-refractivity contribution in [3.8, 4) is 39.2 Å². The summed E-state index contributed by atoms with van der Waals surface area (Å²) in [7, 11) is 0. The highest BCUT2D eigenvalue weighted by Crippen LogP contribution is 2.53. The van der Waals surface area contributed by atoms with Crippen LogP contribution < -0.4 is 4.90 Å². The van der Waals surface area contributed by atoms with Gasteiger partial charge in [0.05, 0.1) is 16.9 Å². The van der Waals surface area contributed by atoms with Crippen LogP contribution in [0.25, 0.3) is 72.0 Å². The number of para-hydroxylation sites is 3. The Bertz CT molecular complexity index is 3300. The van der Waals surface area contributed by atoms with E-state index in [9.17, 15) is 0 Å². The molecule has 1 aliphatic rings. The minimum absolute atomic E-state index is 0.221. The maximum absolute atomic E-state index is 2.49. The van der Waals surface area contributed by atoms with Crippen molar-refractivity contribution in [3.63, 3.8) is 0 Å². The van der Waals surface area contributed by atoms with Crippen molar-refractivity contribution in [2.45, 2.75) is 33.1 Å². The zero-order chi connectivity index (χ0) is 42.7. The van der Waals surface area contributed by atoms with Crippen molar-refractivity contribution in [1.82, 2.24) is 4.57 Å². The molecule has 302 valence electrons. The van der Waals surface area contributed by atoms with Crippen molar-refractivity contribution >= 4 is 49.9 Å². The molecule has 0 spiro atoms. The molecule has 0 unspecified atom stereocenters. The summed E-state index contributed by atoms with van der Waals surface area (Å²) in [4.78, 5) is 2.37. The van der Waals surface area contributed by atoms with E-state index in [1.54, 1.807) is 0 Å². The molecule has 9 aromatic carbocycles. The Morgan fingerprint density at radius 3 is 1.62 bits per heavy atom. The molecule has 10 aromatic rings. The largest absolute Gasteiger partial charge is 0.310 e. The van der Waals surface area contributed by atoms with Gasteiger partial charge in [-0.3, -0.25) is 0 Å². The number of fused-ring (bicyclic) bond motifs is 5. The maximum atomic E-state index is 2.49. The van der Waals surface area contributed by atoms with Crippen LogP contribution in [0.15, 0.2) is 218 Å². The second-order valence-corrected chi connectivity index (χ2v) is 17.4. The van der Waals surface area contributed by atoms with E-state index in [1.807, 2.05) is 0 Å². The van der Waals surface area contributed by atoms with Gasteiger partial charge in [0.25, 0.3) is 0 Å². The lowest BCUT2D eigenvalue weighted by Crippen LogP contribution is -2.15. The summed E-state index contributed by atoms with van der Waals surface area (Å²) in [5.41, 5.74) is 20.9. The summed E-state index contributed by atoms with van der Waals surface area (Å²) in [6.45, 7) is 9.40. The summed E-state index contributed by atoms with van der Waals surface area (Å²) in [5, 5.41) is 3.72. The first-order valence-electron chi connectivity index (χ1n) is 22.0. The molecule has 0 saturated heterocycles. The Morgan fingerprint density at radius 1 is 0.444 bits per heavy atom. The van der Waals surface area contributed by atoms with E-state index in [4.69, 9.17) is 0 Å². The third-order valence-electron chi connectivity index (χ3n) is 13.5. The summed E-state index contributed by atoms with van der Waals surface area (Å²) in [5.74, 6) is 0. The second kappa shape index (κ2) is 15.3. The lowest BCUT2D eigenvalue weighted by Gasteiger charge is -2.27. The Labute approximate surface area is 370 Å². The molecule has 0 radical (unpaired) electrons. The van der Waals surface area contributed by atoms with E-state index in [-0.39, 0.29) is 5.41 Å². The second-order valence-electron chi connectivity index (χ2n) is 17.4. The standard InChI is InChI=1S/C61H48N2/c1-41(42(2)49-36-37-57(52-33-21-20-32-50(49)52)62(46-26-14-7-15-27-46)47-28-16-8-17-29-47)45-34-35-51-53-39-54-58(40-56(53)61(3,4)55(51)38-45)63(48-30-18-9-19-31-48)60(44-24-12-6-13-25-44)59(54)43-22-10-5-11-23-43/h5-40H,1-4H3. The Balaban J connectivity index is 1.06. The van der Waals surface area contributed by atoms with Gasteiger partial charge in [-0.2, -0.15) is 0 Å². The average molecular weight is 809 g/mol. The van der Waals surface area contributed by atoms with Crippen molar-refractivity contribution in [1.29, 1.82) is 0 Å². The van der Waals surface area contributed by atoms with E-state index in [0.717, 1.165) is 22.7 Å². The van der Waals surface area contributed by atoms with Gasteiger partial charge in [0.15, 0.2) is 0 Å². The van der Waals surface area contributed by atoms with Gasteiger partial charge in [-0.15, -0.1) is 0 Å². The number of benzene rings is 9. The van der Waals surface area contributed by atoms with Crippen molar-refractivity contribution in [2.24, 2.45) is 0 Å². The first kappa shape index (κ1) is 38.3. The first-order valence-corrected chi connectivity index (χ1v) is 22.0. The molecule has 0 fully saturated rings. The van der Waals surface area contributed by atoms with Crippen LogP contribution in [-0.2, 0) is 5.41 Å². The predicted molar refractivity (Wildman–Crippen MR) is 269 cm³/mol. The smallest absolute Gasteiger partial charge is 0.0619 e. The molecule has 0 bridgehead atoms. The normalized spacial score (nSPS) is 13.1. The highest BCUT2D eigenvalue weighted by molar-refractivity contribution is 6.10. The number of rotatable bonds is 8. The van der Waals surface area contributed by atoms with E-state index >= 15 is 0 Å². The molecular weight excluding hydrogens is 761 g/mol. The van der Waals surface area contributed by atoms with Crippen LogP contribution >= 0.6 is 0 Å². The summed E-state index contributed by atoms with van der Waals surface area (Å²) < 4.78 is 2.49. The number of nitrogens with zero attached hydrogens (tertiary/aromatic N) is 2. The lowest BCUT2D eigenvalue weighted by atomic mass is 9.81. The first-order chi connectivity index (χ1) is 30.9. The van der Waals surface area contributed by atoms with Gasteiger partial charge in [0, 0.05) is 38.8 Å². The number of hydrogen-bond donors (Lipinski definition) is 0. The average Bonchev–Trinajstić information content (AvgIpc) is 3.79. The quantitative estimate of drug-likeness (QED) is 0.139. The molecule has 0 aliphatic heterocycles. The fourth-order valence-corrected chi connectivity index (χ4v) is 10.2. The van der Waals surface area contributed by atoms with Gasteiger partial charge in [-0.05, 0) is 136 Å². The van der Waals surface area contributed by atoms with Gasteiger partial charge >= 0.3 is 0 Å². The molecule has 11 rings (SSSR count). The topological polar surface area (TPSA) is 8.17 Å². The SMILES string of the molecule is CC(=C(C)c1ccc(N(c2ccccc2)c2ccccc2)c2ccccc12)c1ccc2c(c1)C(C)(C)c1cc3c(cc1-2)c(-c1ccccc1)c(-c1ccccc1)n3-c1ccccc1. The molecule has 0 atom stereocenters. The van der Waals surface area contributed by atoms with Crippen LogP contribution in [0.2, 0.25) is 0 Å². The zero-order valence-corrected chi connectivity index (χ0v) is 36.2. The molecule has 2 heteroatoms. The van der Waals surface area contributed by atoms with Gasteiger partial charge in [-0.1, -0.05) is 172 Å². The maximum Gasteiger partial charge on any atom is 0.0619 e. The number of aromatic nitrogens is 1. The van der Waals surface area contributed by atoms with Gasteiger partial charge in [0.1, 0.15) is 0 Å². The summed E-state index contributed by atoms with van der Waals surface area (Å²) in [6.07, 6.45) is 0. The van der Waals surface area contributed by atoms with Crippen LogP contribution in [0.5, 0.6) is 0 Å². The third-order valence-corrected chi connectivity index (χ3v) is 13.5. The van der Waals surface area contributed by atoms with Crippen LogP contribution in [-0.4, -0.2) is 4.57 Å². The van der Waals surface area contributed by atoms with E-state index < -0.39 is 0 Å². The molecule has 2 nitrogen and oxygen atoms in total. The fraction of sp³-hybridized carbons (Fsp3) is 0.0820. The molecular formula is C61H48N2. The fourth-order valence-electron chi connectivity index (χ4n) is 10.2. The van der Waals surface area contributed by atoms with Crippen LogP contribution in [0.3, 0.4) is 0 Å². The lowest BCUT2D eigenvalue weighted by molar-refractivity contribution is 0.660. The van der Waals surface area contributed by atoms with E-state index in [2.05, 4.69) is 256 Å². The van der Waals surface area contributed by atoms with Gasteiger partial charge < -0.3 is 9.47 Å². The molecule has 1 aromatic heterocycles. The third kappa shape index (κ3) is 6.33. The van der Waals surface area contributed by atoms with Crippen molar-refractivity contribution < 1.29 is 0 Å². The predicted octanol–water partition coefficient (Wildman–Crippen LogP) is 16.8. The molecule has 0 amide bonds. The Kier molecular flexibility index (Phi) is 9.32. The highest BCUT2D eigenvalue weighted by atomic mass is 15.1. The van der Waals surface area contributed by atoms with E-state index in [1.165, 1.54) is 88.6 Å². The number of hydrogen-bond acceptors (Lipinski definition) is 1.